The lowest BCUT2D eigenvalue weighted by Gasteiger charge is -2.26. The SMILES string of the molecule is Cc1ncc(Cl)c(C(=O)N2CCCC2CC(O)c2ccco2)n1. The van der Waals surface area contributed by atoms with E-state index in [-0.39, 0.29) is 22.7 Å². The Kier molecular flexibility index (Phi) is 4.63. The van der Waals surface area contributed by atoms with Crippen LogP contribution in [0.3, 0.4) is 0 Å². The largest absolute Gasteiger partial charge is 0.467 e. The first-order valence-corrected chi connectivity index (χ1v) is 7.95. The second-order valence-corrected chi connectivity index (χ2v) is 6.08. The first kappa shape index (κ1) is 16.0. The fourth-order valence-electron chi connectivity index (χ4n) is 2.94. The number of carbonyl (C=O) groups excluding carboxylic acids is 1. The number of hydrogen-bond acceptors (Lipinski definition) is 5. The van der Waals surface area contributed by atoms with Gasteiger partial charge in [-0.1, -0.05) is 11.6 Å². The van der Waals surface area contributed by atoms with E-state index in [0.717, 1.165) is 12.8 Å². The minimum atomic E-state index is -0.731. The van der Waals surface area contributed by atoms with Gasteiger partial charge >= 0.3 is 0 Å². The van der Waals surface area contributed by atoms with Gasteiger partial charge in [-0.25, -0.2) is 9.97 Å². The van der Waals surface area contributed by atoms with Crippen LogP contribution in [0.2, 0.25) is 5.02 Å². The van der Waals surface area contributed by atoms with Gasteiger partial charge < -0.3 is 14.4 Å². The van der Waals surface area contributed by atoms with Gasteiger partial charge in [0.25, 0.3) is 5.91 Å². The minimum absolute atomic E-state index is 0.0612. The molecule has 2 atom stereocenters. The molecule has 1 aliphatic rings. The van der Waals surface area contributed by atoms with Gasteiger partial charge in [-0.3, -0.25) is 4.79 Å². The molecular weight excluding hydrogens is 318 g/mol. The van der Waals surface area contributed by atoms with Gasteiger partial charge in [0.1, 0.15) is 17.7 Å². The number of aryl methyl sites for hydroxylation is 1. The van der Waals surface area contributed by atoms with E-state index in [9.17, 15) is 9.90 Å². The Labute approximate surface area is 139 Å². The molecule has 3 heterocycles. The molecule has 7 heteroatoms. The smallest absolute Gasteiger partial charge is 0.274 e. The van der Waals surface area contributed by atoms with Gasteiger partial charge in [0, 0.05) is 19.0 Å². The van der Waals surface area contributed by atoms with Crippen LogP contribution < -0.4 is 0 Å². The Morgan fingerprint density at radius 1 is 1.61 bits per heavy atom. The van der Waals surface area contributed by atoms with Gasteiger partial charge in [0.15, 0.2) is 5.69 Å². The summed E-state index contributed by atoms with van der Waals surface area (Å²) in [4.78, 5) is 22.6. The number of likely N-dealkylation sites (tertiary alicyclic amines) is 1. The molecule has 23 heavy (non-hydrogen) atoms. The summed E-state index contributed by atoms with van der Waals surface area (Å²) < 4.78 is 5.23. The second kappa shape index (κ2) is 6.68. The van der Waals surface area contributed by atoms with Crippen molar-refractivity contribution in [2.45, 2.75) is 38.3 Å². The summed E-state index contributed by atoms with van der Waals surface area (Å²) in [5.41, 5.74) is 0.221. The number of aliphatic hydroxyl groups is 1. The maximum atomic E-state index is 12.7. The second-order valence-electron chi connectivity index (χ2n) is 5.68. The molecule has 0 radical (unpaired) electrons. The quantitative estimate of drug-likeness (QED) is 0.929. The van der Waals surface area contributed by atoms with E-state index in [1.165, 1.54) is 12.5 Å². The molecule has 1 amide bonds. The van der Waals surface area contributed by atoms with Gasteiger partial charge in [-0.05, 0) is 31.9 Å². The molecule has 1 N–H and O–H groups in total. The zero-order valence-electron chi connectivity index (χ0n) is 12.8. The summed E-state index contributed by atoms with van der Waals surface area (Å²) in [7, 11) is 0. The molecule has 2 aromatic rings. The number of hydrogen-bond donors (Lipinski definition) is 1. The maximum absolute atomic E-state index is 12.7. The molecule has 0 aliphatic carbocycles. The molecule has 0 aromatic carbocycles. The fraction of sp³-hybridized carbons (Fsp3) is 0.438. The molecular formula is C16H18ClN3O3. The van der Waals surface area contributed by atoms with E-state index >= 15 is 0 Å². The molecule has 6 nitrogen and oxygen atoms in total. The topological polar surface area (TPSA) is 79.5 Å². The van der Waals surface area contributed by atoms with Crippen LogP contribution in [-0.4, -0.2) is 38.5 Å². The lowest BCUT2D eigenvalue weighted by atomic mass is 10.0. The van der Waals surface area contributed by atoms with Crippen LogP contribution >= 0.6 is 11.6 Å². The highest BCUT2D eigenvalue weighted by atomic mass is 35.5. The van der Waals surface area contributed by atoms with Crippen LogP contribution in [0.15, 0.2) is 29.0 Å². The number of rotatable bonds is 4. The molecule has 0 saturated carbocycles. The van der Waals surface area contributed by atoms with Crippen molar-refractivity contribution in [3.8, 4) is 0 Å². The maximum Gasteiger partial charge on any atom is 0.274 e. The number of furan rings is 1. The van der Waals surface area contributed by atoms with Crippen molar-refractivity contribution >= 4 is 17.5 Å². The number of amides is 1. The third kappa shape index (κ3) is 3.38. The standard InChI is InChI=1S/C16H18ClN3O3/c1-10-18-9-12(17)15(19-10)16(22)20-6-2-4-11(20)8-13(21)14-5-3-7-23-14/h3,5,7,9,11,13,21H,2,4,6,8H2,1H3. The van der Waals surface area contributed by atoms with Crippen LogP contribution in [-0.2, 0) is 0 Å². The molecule has 1 aliphatic heterocycles. The van der Waals surface area contributed by atoms with Crippen LogP contribution in [0.4, 0.5) is 0 Å². The Morgan fingerprint density at radius 2 is 2.43 bits per heavy atom. The number of nitrogens with zero attached hydrogens (tertiary/aromatic N) is 3. The minimum Gasteiger partial charge on any atom is -0.467 e. The van der Waals surface area contributed by atoms with Gasteiger partial charge in [0.2, 0.25) is 0 Å². The van der Waals surface area contributed by atoms with Crippen molar-refractivity contribution < 1.29 is 14.3 Å². The number of aromatic nitrogens is 2. The van der Waals surface area contributed by atoms with E-state index in [2.05, 4.69) is 9.97 Å². The zero-order valence-corrected chi connectivity index (χ0v) is 13.5. The average molecular weight is 336 g/mol. The normalized spacial score (nSPS) is 19.1. The van der Waals surface area contributed by atoms with Crippen molar-refractivity contribution in [2.75, 3.05) is 6.54 Å². The first-order valence-electron chi connectivity index (χ1n) is 7.58. The van der Waals surface area contributed by atoms with Crippen molar-refractivity contribution in [2.24, 2.45) is 0 Å². The fourth-order valence-corrected chi connectivity index (χ4v) is 3.12. The van der Waals surface area contributed by atoms with E-state index in [4.69, 9.17) is 16.0 Å². The molecule has 1 saturated heterocycles. The molecule has 2 aromatic heterocycles. The third-order valence-electron chi connectivity index (χ3n) is 4.07. The van der Waals surface area contributed by atoms with Crippen molar-refractivity contribution in [1.29, 1.82) is 0 Å². The average Bonchev–Trinajstić information content (AvgIpc) is 3.20. The number of carbonyl (C=O) groups is 1. The van der Waals surface area contributed by atoms with Crippen molar-refractivity contribution in [3.63, 3.8) is 0 Å². The first-order chi connectivity index (χ1) is 11.1. The lowest BCUT2D eigenvalue weighted by Crippen LogP contribution is -2.37. The van der Waals surface area contributed by atoms with Crippen molar-refractivity contribution in [1.82, 2.24) is 14.9 Å². The Morgan fingerprint density at radius 3 is 3.17 bits per heavy atom. The monoisotopic (exact) mass is 335 g/mol. The summed E-state index contributed by atoms with van der Waals surface area (Å²) >= 11 is 6.07. The van der Waals surface area contributed by atoms with Gasteiger partial charge in [-0.15, -0.1) is 0 Å². The van der Waals surface area contributed by atoms with Crippen LogP contribution in [0.5, 0.6) is 0 Å². The van der Waals surface area contributed by atoms with E-state index in [1.54, 1.807) is 24.0 Å². The molecule has 1 fully saturated rings. The zero-order chi connectivity index (χ0) is 16.4. The summed E-state index contributed by atoms with van der Waals surface area (Å²) in [6, 6.07) is 3.41. The van der Waals surface area contributed by atoms with E-state index in [0.29, 0.717) is 24.6 Å². The predicted molar refractivity (Wildman–Crippen MR) is 84.1 cm³/mol. The predicted octanol–water partition coefficient (Wildman–Crippen LogP) is 2.76. The highest BCUT2D eigenvalue weighted by Crippen LogP contribution is 2.29. The van der Waals surface area contributed by atoms with Crippen LogP contribution in [0.1, 0.15) is 47.4 Å². The molecule has 122 valence electrons. The molecule has 3 rings (SSSR count). The van der Waals surface area contributed by atoms with E-state index in [1.807, 2.05) is 0 Å². The van der Waals surface area contributed by atoms with Crippen LogP contribution in [0.25, 0.3) is 0 Å². The number of halogens is 1. The third-order valence-corrected chi connectivity index (χ3v) is 4.35. The summed E-state index contributed by atoms with van der Waals surface area (Å²) in [5, 5.41) is 10.5. The summed E-state index contributed by atoms with van der Waals surface area (Å²) in [5.74, 6) is 0.805. The highest BCUT2D eigenvalue weighted by Gasteiger charge is 2.33. The van der Waals surface area contributed by atoms with Gasteiger partial charge in [-0.2, -0.15) is 0 Å². The Bertz CT molecular complexity index is 690. The summed E-state index contributed by atoms with van der Waals surface area (Å²) in [6.45, 7) is 2.35. The Hall–Kier alpha value is -1.92. The highest BCUT2D eigenvalue weighted by molar-refractivity contribution is 6.33. The number of aliphatic hydroxyl groups excluding tert-OH is 1. The van der Waals surface area contributed by atoms with Crippen LogP contribution in [0, 0.1) is 6.92 Å². The summed E-state index contributed by atoms with van der Waals surface area (Å²) in [6.07, 6.45) is 4.40. The van der Waals surface area contributed by atoms with Crippen molar-refractivity contribution in [3.05, 3.63) is 46.9 Å². The molecule has 0 spiro atoms. The van der Waals surface area contributed by atoms with Gasteiger partial charge in [0.05, 0.1) is 17.5 Å². The van der Waals surface area contributed by atoms with E-state index < -0.39 is 6.10 Å². The molecule has 0 bridgehead atoms. The Balaban J connectivity index is 1.76. The lowest BCUT2D eigenvalue weighted by molar-refractivity contribution is 0.0635. The molecule has 2 unspecified atom stereocenters.